The third-order valence-corrected chi connectivity index (χ3v) is 18.3. The smallest absolute Gasteiger partial charge is 0.120 e. The highest BCUT2D eigenvalue weighted by Gasteiger charge is 2.11. The lowest BCUT2D eigenvalue weighted by Gasteiger charge is -2.13. The minimum atomic E-state index is 0. The van der Waals surface area contributed by atoms with Crippen molar-refractivity contribution in [1.29, 1.82) is 0 Å². The highest BCUT2D eigenvalue weighted by atomic mass is 16.5. The third kappa shape index (κ3) is 30.2. The first kappa shape index (κ1) is 79.1. The van der Waals surface area contributed by atoms with Crippen LogP contribution in [0.15, 0.2) is 128 Å². The van der Waals surface area contributed by atoms with Gasteiger partial charge in [-0.1, -0.05) is 234 Å². The molecule has 9 nitrogen and oxygen atoms in total. The highest BCUT2D eigenvalue weighted by molar-refractivity contribution is 5.87. The second-order valence-corrected chi connectivity index (χ2v) is 27.1. The summed E-state index contributed by atoms with van der Waals surface area (Å²) in [5.74, 6) is 5.53. The summed E-state index contributed by atoms with van der Waals surface area (Å²) in [6.45, 7) is 22.1. The van der Waals surface area contributed by atoms with E-state index in [0.29, 0.717) is 6.54 Å². The summed E-state index contributed by atoms with van der Waals surface area (Å²) in [7, 11) is 0. The quantitative estimate of drug-likeness (QED) is 0.0243. The van der Waals surface area contributed by atoms with Crippen LogP contribution >= 0.6 is 0 Å². The number of rotatable bonds is 44. The third-order valence-electron chi connectivity index (χ3n) is 18.3. The minimum absolute atomic E-state index is 0. The van der Waals surface area contributed by atoms with Crippen molar-refractivity contribution < 1.29 is 18.9 Å². The summed E-state index contributed by atoms with van der Waals surface area (Å²) in [6.07, 6.45) is 48.8. The molecule has 9 aromatic rings. The normalized spacial score (nSPS) is 11.5. The van der Waals surface area contributed by atoms with Gasteiger partial charge in [0.05, 0.1) is 26.4 Å². The molecule has 1 atom stereocenters. The van der Waals surface area contributed by atoms with Crippen molar-refractivity contribution in [2.45, 2.75) is 268 Å². The molecular formula is C86H131N5O4. The number of hydrogen-bond donors (Lipinski definition) is 5. The number of nitrogens with two attached hydrogens (primary N) is 1. The maximum absolute atomic E-state index is 5.98. The zero-order valence-electron chi connectivity index (χ0n) is 60.2. The molecule has 4 aromatic heterocycles. The van der Waals surface area contributed by atoms with E-state index < -0.39 is 0 Å². The molecule has 0 aliphatic rings. The van der Waals surface area contributed by atoms with Crippen LogP contribution in [0, 0.1) is 11.8 Å². The van der Waals surface area contributed by atoms with Crippen molar-refractivity contribution in [1.82, 2.24) is 19.9 Å². The number of ether oxygens (including phenoxy) is 4. The minimum Gasteiger partial charge on any atom is -0.494 e. The van der Waals surface area contributed by atoms with Gasteiger partial charge in [0.2, 0.25) is 0 Å². The van der Waals surface area contributed by atoms with Crippen LogP contribution in [0.4, 0.5) is 0 Å². The fraction of sp³-hybridized carbons (Fsp3) is 0.558. The fourth-order valence-electron chi connectivity index (χ4n) is 12.6. The molecule has 9 heteroatoms. The van der Waals surface area contributed by atoms with Crippen molar-refractivity contribution >= 4 is 43.6 Å². The van der Waals surface area contributed by atoms with E-state index in [1.807, 2.05) is 0 Å². The van der Waals surface area contributed by atoms with Crippen LogP contribution < -0.4 is 24.7 Å². The van der Waals surface area contributed by atoms with Crippen LogP contribution in [0.1, 0.15) is 264 Å². The van der Waals surface area contributed by atoms with E-state index in [9.17, 15) is 0 Å². The predicted molar refractivity (Wildman–Crippen MR) is 413 cm³/mol. The predicted octanol–water partition coefficient (Wildman–Crippen LogP) is 25.1. The summed E-state index contributed by atoms with van der Waals surface area (Å²) in [5, 5.41) is 5.18. The maximum atomic E-state index is 5.98. The SMILES string of the molecule is C.CC(C)CCCC(C)CCOc1ccc2[nH]cc(CCN)c2c1.CCCCCCCCCCOc1ccc2[nH]cc(CCC)c2c1.CCCCCCCCCOc1ccc2[nH]cc(CCC)c2c1.CCCc1c[nH]c2ccc(OCCCCCCCc3ccccc3)cc12. The van der Waals surface area contributed by atoms with Crippen molar-refractivity contribution in [3.8, 4) is 23.0 Å². The Balaban J connectivity index is 0.000000229. The van der Waals surface area contributed by atoms with E-state index in [0.717, 1.165) is 105 Å². The first-order valence-corrected chi connectivity index (χ1v) is 37.8. The topological polar surface area (TPSA) is 126 Å². The van der Waals surface area contributed by atoms with Gasteiger partial charge in [-0.05, 0) is 183 Å². The molecule has 524 valence electrons. The van der Waals surface area contributed by atoms with Crippen LogP contribution in [0.2, 0.25) is 0 Å². The molecule has 0 saturated heterocycles. The van der Waals surface area contributed by atoms with E-state index >= 15 is 0 Å². The second kappa shape index (κ2) is 48.2. The Kier molecular flexibility index (Phi) is 40.1. The average Bonchev–Trinajstić information content (AvgIpc) is 1.74. The Morgan fingerprint density at radius 1 is 0.326 bits per heavy atom. The van der Waals surface area contributed by atoms with E-state index in [4.69, 9.17) is 24.7 Å². The number of unbranched alkanes of at least 4 members (excludes halogenated alkanes) is 17. The first-order chi connectivity index (χ1) is 46.2. The summed E-state index contributed by atoms with van der Waals surface area (Å²) in [5.41, 5.74) is 17.4. The number of aromatic nitrogens is 4. The molecule has 0 spiro atoms. The van der Waals surface area contributed by atoms with Crippen LogP contribution in [0.3, 0.4) is 0 Å². The molecule has 0 amide bonds. The van der Waals surface area contributed by atoms with Crippen LogP contribution in [-0.4, -0.2) is 52.9 Å². The van der Waals surface area contributed by atoms with Crippen LogP contribution in [-0.2, 0) is 32.1 Å². The number of fused-ring (bicyclic) bond motifs is 4. The first-order valence-electron chi connectivity index (χ1n) is 37.8. The van der Waals surface area contributed by atoms with Gasteiger partial charge in [-0.15, -0.1) is 0 Å². The molecule has 0 saturated carbocycles. The molecule has 0 aliphatic heterocycles. The van der Waals surface area contributed by atoms with Crippen molar-refractivity contribution in [3.05, 3.63) is 156 Å². The van der Waals surface area contributed by atoms with Gasteiger partial charge >= 0.3 is 0 Å². The van der Waals surface area contributed by atoms with Crippen molar-refractivity contribution in [3.63, 3.8) is 0 Å². The van der Waals surface area contributed by atoms with E-state index in [-0.39, 0.29) is 7.43 Å². The molecule has 6 N–H and O–H groups in total. The van der Waals surface area contributed by atoms with Gasteiger partial charge < -0.3 is 44.6 Å². The lowest BCUT2D eigenvalue weighted by molar-refractivity contribution is 0.276. The Morgan fingerprint density at radius 3 is 1.01 bits per heavy atom. The van der Waals surface area contributed by atoms with E-state index in [1.54, 1.807) is 0 Å². The van der Waals surface area contributed by atoms with Gasteiger partial charge in [-0.25, -0.2) is 0 Å². The monoisotopic (exact) mass is 1300 g/mol. The van der Waals surface area contributed by atoms with Crippen LogP contribution in [0.5, 0.6) is 23.0 Å². The average molecular weight is 1300 g/mol. The number of hydrogen-bond acceptors (Lipinski definition) is 5. The number of aryl methyl sites for hydroxylation is 4. The largest absolute Gasteiger partial charge is 0.494 e. The van der Waals surface area contributed by atoms with Gasteiger partial charge in [0.1, 0.15) is 23.0 Å². The summed E-state index contributed by atoms with van der Waals surface area (Å²) >= 11 is 0. The molecular weight excluding hydrogens is 1170 g/mol. The molecule has 9 rings (SSSR count). The van der Waals surface area contributed by atoms with Gasteiger partial charge in [-0.2, -0.15) is 0 Å². The molecule has 0 bridgehead atoms. The second-order valence-electron chi connectivity index (χ2n) is 27.1. The number of H-pyrrole nitrogens is 4. The highest BCUT2D eigenvalue weighted by Crippen LogP contribution is 2.29. The number of aromatic amines is 4. The molecule has 95 heavy (non-hydrogen) atoms. The standard InChI is InChI=1S/C24H31NO.C21H33NO.C20H32N2O.C20H31NO.CH4/c1-2-11-21-19-25-24-16-15-22(18-23(21)24)26-17-10-5-3-4-7-12-20-13-8-6-9-14-20;1-3-5-6-7-8-9-10-11-15-23-19-13-14-21-20(16-19)18(12-4-2)17-22-21;1-15(2)5-4-6-16(3)10-12-23-18-7-8-20-19(13-18)17(9-11-21)14-22-20;1-3-5-6-7-8-9-10-14-22-18-12-13-20-19(15-18)17(11-4-2)16-21-20;/h6,8-9,13-16,18-19,25H,2-5,7,10-12,17H2,1H3;13-14,16-17,22H,3-12,15H2,1-2H3;7-8,13-16,22H,4-6,9-12,21H2,1-3H3;12-13,15-16,21H,3-11,14H2,1-2H3;1H4. The van der Waals surface area contributed by atoms with Crippen LogP contribution in [0.25, 0.3) is 43.6 Å². The molecule has 4 heterocycles. The van der Waals surface area contributed by atoms with Gasteiger partial charge in [-0.3, -0.25) is 0 Å². The zero-order chi connectivity index (χ0) is 66.6. The number of benzene rings is 5. The lowest BCUT2D eigenvalue weighted by Crippen LogP contribution is -2.05. The zero-order valence-corrected chi connectivity index (χ0v) is 60.2. The fourth-order valence-corrected chi connectivity index (χ4v) is 12.6. The van der Waals surface area contributed by atoms with Gasteiger partial charge in [0.25, 0.3) is 0 Å². The molecule has 5 aromatic carbocycles. The van der Waals surface area contributed by atoms with Crippen molar-refractivity contribution in [2.24, 2.45) is 17.6 Å². The van der Waals surface area contributed by atoms with Gasteiger partial charge in [0.15, 0.2) is 0 Å². The lowest BCUT2D eigenvalue weighted by atomic mass is 9.98. The Hall–Kier alpha value is -6.58. The Labute approximate surface area is 577 Å². The van der Waals surface area contributed by atoms with Gasteiger partial charge in [0, 0.05) is 68.4 Å². The summed E-state index contributed by atoms with van der Waals surface area (Å²) in [4.78, 5) is 13.3. The van der Waals surface area contributed by atoms with Crippen molar-refractivity contribution in [2.75, 3.05) is 33.0 Å². The molecule has 1 unspecified atom stereocenters. The molecule has 0 radical (unpaired) electrons. The van der Waals surface area contributed by atoms with E-state index in [2.05, 4.69) is 203 Å². The molecule has 0 fully saturated rings. The Bertz CT molecular complexity index is 3350. The number of nitrogens with one attached hydrogen (secondary N) is 4. The van der Waals surface area contributed by atoms with E-state index in [1.165, 1.54) is 233 Å². The molecule has 0 aliphatic carbocycles. The maximum Gasteiger partial charge on any atom is 0.120 e. The Morgan fingerprint density at radius 2 is 0.663 bits per heavy atom. The summed E-state index contributed by atoms with van der Waals surface area (Å²) in [6, 6.07) is 36.3. The summed E-state index contributed by atoms with van der Waals surface area (Å²) < 4.78 is 23.8.